The summed E-state index contributed by atoms with van der Waals surface area (Å²) in [4.78, 5) is 18.4. The molecule has 4 N–H and O–H groups in total. The Morgan fingerprint density at radius 2 is 1.75 bits per heavy atom. The van der Waals surface area contributed by atoms with E-state index in [1.807, 2.05) is 0 Å². The molecule has 3 aliphatic heterocycles. The second-order valence-electron chi connectivity index (χ2n) is 11.6. The number of likely N-dealkylation sites (tertiary alicyclic amines) is 2. The Labute approximate surface area is 193 Å². The molecule has 2 aliphatic carbocycles. The predicted molar refractivity (Wildman–Crippen MR) is 125 cm³/mol. The molecule has 8 atom stereocenters. The van der Waals surface area contributed by atoms with E-state index in [1.165, 1.54) is 32.4 Å². The van der Waals surface area contributed by atoms with Crippen molar-refractivity contribution in [2.45, 2.75) is 114 Å². The van der Waals surface area contributed by atoms with Gasteiger partial charge in [0.1, 0.15) is 6.17 Å². The van der Waals surface area contributed by atoms with Crippen molar-refractivity contribution in [2.75, 3.05) is 26.2 Å². The average molecular weight is 450 g/mol. The fourth-order valence-electron chi connectivity index (χ4n) is 7.41. The van der Waals surface area contributed by atoms with E-state index in [9.17, 15) is 9.18 Å². The molecule has 1 amide bonds. The van der Waals surface area contributed by atoms with Gasteiger partial charge >= 0.3 is 0 Å². The summed E-state index contributed by atoms with van der Waals surface area (Å²) in [6, 6.07) is 1.87. The lowest BCUT2D eigenvalue weighted by Crippen LogP contribution is -2.51. The van der Waals surface area contributed by atoms with Crippen LogP contribution in [0.4, 0.5) is 4.39 Å². The molecule has 0 radical (unpaired) electrons. The maximum Gasteiger partial charge on any atom is 0.237 e. The quantitative estimate of drug-likeness (QED) is 0.613. The topological polar surface area (TPSA) is 73.6 Å². The zero-order valence-corrected chi connectivity index (χ0v) is 19.9. The monoisotopic (exact) mass is 449 g/mol. The van der Waals surface area contributed by atoms with Gasteiger partial charge in [0.25, 0.3) is 0 Å². The lowest BCUT2D eigenvalue weighted by molar-refractivity contribution is -0.124. The van der Waals surface area contributed by atoms with Gasteiger partial charge < -0.3 is 16.4 Å². The van der Waals surface area contributed by atoms with Crippen LogP contribution < -0.4 is 16.4 Å². The van der Waals surface area contributed by atoms with Crippen LogP contribution in [-0.4, -0.2) is 84.3 Å². The number of nitrogens with one attached hydrogen (secondary N) is 2. The number of halogens is 1. The fourth-order valence-corrected chi connectivity index (χ4v) is 7.41. The molecule has 6 nitrogen and oxygen atoms in total. The normalized spacial score (nSPS) is 44.5. The largest absolute Gasteiger partial charge is 0.352 e. The van der Waals surface area contributed by atoms with Crippen LogP contribution in [0.15, 0.2) is 0 Å². The number of alkyl halides is 1. The number of nitrogens with two attached hydrogens (primary N) is 1. The number of nitrogens with zero attached hydrogens (tertiary/aromatic N) is 2. The summed E-state index contributed by atoms with van der Waals surface area (Å²) in [5.74, 6) is 0.579. The van der Waals surface area contributed by atoms with E-state index in [4.69, 9.17) is 5.73 Å². The molecule has 0 aromatic heterocycles. The summed E-state index contributed by atoms with van der Waals surface area (Å²) in [5, 5.41) is 6.86. The van der Waals surface area contributed by atoms with E-state index >= 15 is 0 Å². The number of rotatable bonds is 4. The SMILES string of the molecule is CC1CCC(F)C2CC(C(=O)NC3CCCC(N4CCC(N5CCC(N)CC5)C4)C3)NC12. The fraction of sp³-hybridized carbons (Fsp3) is 0.960. The first-order valence-electron chi connectivity index (χ1n) is 13.4. The van der Waals surface area contributed by atoms with Gasteiger partial charge in [0, 0.05) is 49.2 Å². The first kappa shape index (κ1) is 23.0. The molecule has 3 saturated heterocycles. The lowest BCUT2D eigenvalue weighted by atomic mass is 9.77. The van der Waals surface area contributed by atoms with Gasteiger partial charge in [0.15, 0.2) is 0 Å². The highest BCUT2D eigenvalue weighted by Crippen LogP contribution is 2.38. The van der Waals surface area contributed by atoms with Crippen molar-refractivity contribution in [3.63, 3.8) is 0 Å². The Morgan fingerprint density at radius 3 is 2.53 bits per heavy atom. The smallest absolute Gasteiger partial charge is 0.237 e. The molecule has 7 heteroatoms. The number of fused-ring (bicyclic) bond motifs is 1. The minimum absolute atomic E-state index is 0.0134. The molecule has 2 saturated carbocycles. The van der Waals surface area contributed by atoms with Crippen LogP contribution in [0.3, 0.4) is 0 Å². The number of carbonyl (C=O) groups excluding carboxylic acids is 1. The summed E-state index contributed by atoms with van der Waals surface area (Å²) in [6.07, 6.45) is 9.58. The molecule has 5 rings (SSSR count). The predicted octanol–water partition coefficient (Wildman–Crippen LogP) is 2.03. The zero-order chi connectivity index (χ0) is 22.2. The van der Waals surface area contributed by atoms with Crippen molar-refractivity contribution >= 4 is 5.91 Å². The van der Waals surface area contributed by atoms with E-state index in [1.54, 1.807) is 0 Å². The van der Waals surface area contributed by atoms with Crippen LogP contribution in [0.25, 0.3) is 0 Å². The van der Waals surface area contributed by atoms with E-state index < -0.39 is 6.17 Å². The summed E-state index contributed by atoms with van der Waals surface area (Å²) in [7, 11) is 0. The van der Waals surface area contributed by atoms with Crippen molar-refractivity contribution < 1.29 is 9.18 Å². The van der Waals surface area contributed by atoms with Gasteiger partial charge in [0.2, 0.25) is 5.91 Å². The summed E-state index contributed by atoms with van der Waals surface area (Å²) in [6.45, 7) is 6.85. The number of carbonyl (C=O) groups is 1. The molecular formula is C25H44FN5O. The number of hydrogen-bond donors (Lipinski definition) is 3. The Balaban J connectivity index is 1.10. The number of amides is 1. The Hall–Kier alpha value is -0.760. The molecule has 5 aliphatic rings. The van der Waals surface area contributed by atoms with Gasteiger partial charge in [-0.1, -0.05) is 6.92 Å². The second kappa shape index (κ2) is 9.85. The van der Waals surface area contributed by atoms with Crippen LogP contribution in [0, 0.1) is 11.8 Å². The molecule has 8 unspecified atom stereocenters. The van der Waals surface area contributed by atoms with Gasteiger partial charge in [-0.05, 0) is 83.2 Å². The Morgan fingerprint density at radius 1 is 0.969 bits per heavy atom. The van der Waals surface area contributed by atoms with Crippen molar-refractivity contribution in [1.82, 2.24) is 20.4 Å². The highest BCUT2D eigenvalue weighted by molar-refractivity contribution is 5.82. The average Bonchev–Trinajstić information content (AvgIpc) is 3.46. The molecule has 3 heterocycles. The molecule has 5 fully saturated rings. The van der Waals surface area contributed by atoms with E-state index in [0.29, 0.717) is 36.9 Å². The zero-order valence-electron chi connectivity index (χ0n) is 19.9. The third kappa shape index (κ3) is 4.86. The van der Waals surface area contributed by atoms with E-state index in [0.717, 1.165) is 45.2 Å². The van der Waals surface area contributed by atoms with Gasteiger partial charge in [-0.3, -0.25) is 14.6 Å². The lowest BCUT2D eigenvalue weighted by Gasteiger charge is -2.38. The van der Waals surface area contributed by atoms with Gasteiger partial charge in [-0.25, -0.2) is 4.39 Å². The van der Waals surface area contributed by atoms with Gasteiger partial charge in [0.05, 0.1) is 6.04 Å². The van der Waals surface area contributed by atoms with Crippen LogP contribution in [0.2, 0.25) is 0 Å². The van der Waals surface area contributed by atoms with Crippen molar-refractivity contribution in [3.05, 3.63) is 0 Å². The molecule has 0 aromatic rings. The van der Waals surface area contributed by atoms with Crippen LogP contribution in [-0.2, 0) is 4.79 Å². The molecule has 32 heavy (non-hydrogen) atoms. The van der Waals surface area contributed by atoms with Crippen molar-refractivity contribution in [3.8, 4) is 0 Å². The maximum absolute atomic E-state index is 14.4. The molecule has 0 bridgehead atoms. The summed E-state index contributed by atoms with van der Waals surface area (Å²) < 4.78 is 14.4. The van der Waals surface area contributed by atoms with E-state index in [-0.39, 0.29) is 30.0 Å². The van der Waals surface area contributed by atoms with Crippen LogP contribution in [0.1, 0.15) is 71.1 Å². The number of piperidine rings is 1. The molecular weight excluding hydrogens is 405 g/mol. The molecule has 0 aromatic carbocycles. The summed E-state index contributed by atoms with van der Waals surface area (Å²) >= 11 is 0. The highest BCUT2D eigenvalue weighted by atomic mass is 19.1. The molecule has 182 valence electrons. The first-order valence-corrected chi connectivity index (χ1v) is 13.4. The number of hydrogen-bond acceptors (Lipinski definition) is 5. The highest BCUT2D eigenvalue weighted by Gasteiger charge is 2.46. The summed E-state index contributed by atoms with van der Waals surface area (Å²) in [5.41, 5.74) is 6.09. The standard InChI is InChI=1S/C25H44FN5O/c1-16-5-6-22(26)21-14-23(29-24(16)21)25(32)28-18-3-2-4-19(13-18)31-12-9-20(15-31)30-10-7-17(27)8-11-30/h16-24,29H,2-15,27H2,1H3,(H,28,32). The van der Waals surface area contributed by atoms with Crippen LogP contribution in [0.5, 0.6) is 0 Å². The minimum atomic E-state index is -0.751. The van der Waals surface area contributed by atoms with Crippen molar-refractivity contribution in [2.24, 2.45) is 17.6 Å². The Kier molecular flexibility index (Phi) is 7.08. The molecule has 0 spiro atoms. The van der Waals surface area contributed by atoms with E-state index in [2.05, 4.69) is 27.4 Å². The first-order chi connectivity index (χ1) is 15.5. The Bertz CT molecular complexity index is 638. The minimum Gasteiger partial charge on any atom is -0.352 e. The second-order valence-corrected chi connectivity index (χ2v) is 11.6. The third-order valence-electron chi connectivity index (χ3n) is 9.45. The maximum atomic E-state index is 14.4. The van der Waals surface area contributed by atoms with Crippen LogP contribution >= 0.6 is 0 Å². The van der Waals surface area contributed by atoms with Crippen molar-refractivity contribution in [1.29, 1.82) is 0 Å². The van der Waals surface area contributed by atoms with Gasteiger partial charge in [-0.2, -0.15) is 0 Å². The van der Waals surface area contributed by atoms with Gasteiger partial charge in [-0.15, -0.1) is 0 Å². The third-order valence-corrected chi connectivity index (χ3v) is 9.45.